The predicted octanol–water partition coefficient (Wildman–Crippen LogP) is 0.331. The van der Waals surface area contributed by atoms with Crippen molar-refractivity contribution in [3.05, 3.63) is 0 Å². The molecule has 124 valence electrons. The minimum Gasteiger partial charge on any atom is -0.318 e. The summed E-state index contributed by atoms with van der Waals surface area (Å²) in [6.45, 7) is 8.70. The van der Waals surface area contributed by atoms with Crippen molar-refractivity contribution in [2.75, 3.05) is 46.3 Å². The maximum Gasteiger partial charge on any atom is 0.282 e. The highest BCUT2D eigenvalue weighted by molar-refractivity contribution is 7.86. The van der Waals surface area contributed by atoms with Gasteiger partial charge in [-0.25, -0.2) is 0 Å². The fourth-order valence-corrected chi connectivity index (χ4v) is 5.44. The normalized spacial score (nSPS) is 30.6. The van der Waals surface area contributed by atoms with E-state index in [-0.39, 0.29) is 6.04 Å². The van der Waals surface area contributed by atoms with E-state index in [4.69, 9.17) is 0 Å². The molecule has 2 fully saturated rings. The standard InChI is InChI=1S/C14H30N4O2S/c1-4-16-9-10-17(12-13(16)2)21(19,20)18-8-6-5-7-14(18)11-15-3/h13-15H,4-12H2,1-3H3. The van der Waals surface area contributed by atoms with Crippen LogP contribution in [-0.4, -0.2) is 80.3 Å². The molecule has 0 spiro atoms. The quantitative estimate of drug-likeness (QED) is 0.794. The summed E-state index contributed by atoms with van der Waals surface area (Å²) in [4.78, 5) is 2.34. The average molecular weight is 318 g/mol. The van der Waals surface area contributed by atoms with Crippen molar-refractivity contribution in [1.29, 1.82) is 0 Å². The maximum atomic E-state index is 13.0. The van der Waals surface area contributed by atoms with Crippen LogP contribution in [0.1, 0.15) is 33.1 Å². The third-order valence-electron chi connectivity index (χ3n) is 4.77. The maximum absolute atomic E-state index is 13.0. The number of hydrogen-bond acceptors (Lipinski definition) is 4. The largest absolute Gasteiger partial charge is 0.318 e. The second-order valence-electron chi connectivity index (χ2n) is 6.16. The van der Waals surface area contributed by atoms with Gasteiger partial charge in [0.1, 0.15) is 0 Å². The number of rotatable bonds is 5. The lowest BCUT2D eigenvalue weighted by atomic mass is 10.1. The number of nitrogens with zero attached hydrogens (tertiary/aromatic N) is 3. The Hall–Kier alpha value is -0.210. The topological polar surface area (TPSA) is 55.9 Å². The Bertz CT molecular complexity index is 427. The molecule has 2 saturated heterocycles. The van der Waals surface area contributed by atoms with E-state index in [0.29, 0.717) is 25.7 Å². The highest BCUT2D eigenvalue weighted by Gasteiger charge is 2.38. The van der Waals surface area contributed by atoms with E-state index < -0.39 is 10.2 Å². The summed E-state index contributed by atoms with van der Waals surface area (Å²) in [6.07, 6.45) is 3.06. The zero-order valence-electron chi connectivity index (χ0n) is 13.6. The molecular weight excluding hydrogens is 288 g/mol. The average Bonchev–Trinajstić information content (AvgIpc) is 2.48. The lowest BCUT2D eigenvalue weighted by molar-refractivity contribution is 0.125. The van der Waals surface area contributed by atoms with Crippen molar-refractivity contribution in [3.63, 3.8) is 0 Å². The number of piperidine rings is 1. The Kier molecular flexibility index (Phi) is 6.02. The summed E-state index contributed by atoms with van der Waals surface area (Å²) < 4.78 is 29.4. The van der Waals surface area contributed by atoms with E-state index >= 15 is 0 Å². The molecular formula is C14H30N4O2S. The zero-order chi connectivity index (χ0) is 15.5. The van der Waals surface area contributed by atoms with Crippen LogP contribution in [0.15, 0.2) is 0 Å². The molecule has 2 heterocycles. The van der Waals surface area contributed by atoms with Gasteiger partial charge in [0.25, 0.3) is 10.2 Å². The fraction of sp³-hybridized carbons (Fsp3) is 1.00. The number of likely N-dealkylation sites (N-methyl/N-ethyl adjacent to an activating group) is 2. The van der Waals surface area contributed by atoms with E-state index in [1.807, 2.05) is 7.05 Å². The fourth-order valence-electron chi connectivity index (χ4n) is 3.51. The zero-order valence-corrected chi connectivity index (χ0v) is 14.4. The molecule has 2 aliphatic rings. The molecule has 2 unspecified atom stereocenters. The van der Waals surface area contributed by atoms with Crippen molar-refractivity contribution < 1.29 is 8.42 Å². The van der Waals surface area contributed by atoms with E-state index in [1.54, 1.807) is 8.61 Å². The molecule has 1 N–H and O–H groups in total. The smallest absolute Gasteiger partial charge is 0.282 e. The molecule has 0 radical (unpaired) electrons. The highest BCUT2D eigenvalue weighted by Crippen LogP contribution is 2.24. The summed E-state index contributed by atoms with van der Waals surface area (Å²) in [7, 11) is -1.43. The van der Waals surface area contributed by atoms with Crippen LogP contribution in [0, 0.1) is 0 Å². The van der Waals surface area contributed by atoms with E-state index in [0.717, 1.165) is 38.9 Å². The highest BCUT2D eigenvalue weighted by atomic mass is 32.2. The molecule has 0 aromatic heterocycles. The number of hydrogen-bond donors (Lipinski definition) is 1. The van der Waals surface area contributed by atoms with Crippen LogP contribution in [0.25, 0.3) is 0 Å². The van der Waals surface area contributed by atoms with Gasteiger partial charge in [0.2, 0.25) is 0 Å². The Morgan fingerprint density at radius 2 is 1.95 bits per heavy atom. The Labute approximate surface area is 129 Å². The van der Waals surface area contributed by atoms with Gasteiger partial charge in [-0.3, -0.25) is 4.90 Å². The second kappa shape index (κ2) is 7.37. The monoisotopic (exact) mass is 318 g/mol. The Morgan fingerprint density at radius 1 is 1.19 bits per heavy atom. The summed E-state index contributed by atoms with van der Waals surface area (Å²) in [5, 5.41) is 3.13. The summed E-state index contributed by atoms with van der Waals surface area (Å²) in [5.74, 6) is 0. The van der Waals surface area contributed by atoms with Crippen LogP contribution in [0.3, 0.4) is 0 Å². The lowest BCUT2D eigenvalue weighted by Gasteiger charge is -2.43. The van der Waals surface area contributed by atoms with Gasteiger partial charge in [-0.15, -0.1) is 0 Å². The molecule has 2 rings (SSSR count). The van der Waals surface area contributed by atoms with Crippen LogP contribution in [0.2, 0.25) is 0 Å². The molecule has 2 atom stereocenters. The van der Waals surface area contributed by atoms with E-state index in [1.165, 1.54) is 0 Å². The molecule has 0 aromatic carbocycles. The van der Waals surface area contributed by atoms with Gasteiger partial charge in [-0.1, -0.05) is 13.3 Å². The van der Waals surface area contributed by atoms with Crippen molar-refractivity contribution in [1.82, 2.24) is 18.8 Å². The molecule has 0 aliphatic carbocycles. The first-order chi connectivity index (χ1) is 10.0. The SMILES string of the molecule is CCN1CCN(S(=O)(=O)N2CCCCC2CNC)CC1C. The van der Waals surface area contributed by atoms with Gasteiger partial charge in [0, 0.05) is 44.8 Å². The number of piperazine rings is 1. The van der Waals surface area contributed by atoms with Crippen molar-refractivity contribution in [2.24, 2.45) is 0 Å². The molecule has 21 heavy (non-hydrogen) atoms. The Balaban J connectivity index is 2.09. The van der Waals surface area contributed by atoms with Gasteiger partial charge in [-0.05, 0) is 33.4 Å². The van der Waals surface area contributed by atoms with E-state index in [2.05, 4.69) is 24.1 Å². The van der Waals surface area contributed by atoms with Crippen LogP contribution in [-0.2, 0) is 10.2 Å². The first kappa shape index (κ1) is 17.1. The number of nitrogens with one attached hydrogen (secondary N) is 1. The molecule has 7 heteroatoms. The van der Waals surface area contributed by atoms with Gasteiger partial charge < -0.3 is 5.32 Å². The van der Waals surface area contributed by atoms with Gasteiger partial charge in [-0.2, -0.15) is 17.0 Å². The minimum atomic E-state index is -3.32. The molecule has 2 aliphatic heterocycles. The first-order valence-electron chi connectivity index (χ1n) is 8.16. The van der Waals surface area contributed by atoms with Gasteiger partial charge >= 0.3 is 0 Å². The van der Waals surface area contributed by atoms with Crippen molar-refractivity contribution in [2.45, 2.75) is 45.2 Å². The summed E-state index contributed by atoms with van der Waals surface area (Å²) in [6, 6.07) is 0.402. The van der Waals surface area contributed by atoms with Crippen LogP contribution in [0.5, 0.6) is 0 Å². The minimum absolute atomic E-state index is 0.105. The molecule has 0 aromatic rings. The summed E-state index contributed by atoms with van der Waals surface area (Å²) in [5.41, 5.74) is 0. The van der Waals surface area contributed by atoms with Crippen molar-refractivity contribution >= 4 is 10.2 Å². The lowest BCUT2D eigenvalue weighted by Crippen LogP contribution is -2.59. The van der Waals surface area contributed by atoms with Crippen LogP contribution < -0.4 is 5.32 Å². The molecule has 0 bridgehead atoms. The third kappa shape index (κ3) is 3.76. The van der Waals surface area contributed by atoms with Crippen LogP contribution in [0.4, 0.5) is 0 Å². The Morgan fingerprint density at radius 3 is 2.57 bits per heavy atom. The van der Waals surface area contributed by atoms with Crippen LogP contribution >= 0.6 is 0 Å². The third-order valence-corrected chi connectivity index (χ3v) is 6.83. The second-order valence-corrected chi connectivity index (χ2v) is 8.04. The molecule has 0 amide bonds. The first-order valence-corrected chi connectivity index (χ1v) is 9.56. The van der Waals surface area contributed by atoms with Gasteiger partial charge in [0.05, 0.1) is 0 Å². The van der Waals surface area contributed by atoms with Crippen molar-refractivity contribution in [3.8, 4) is 0 Å². The summed E-state index contributed by atoms with van der Waals surface area (Å²) >= 11 is 0. The van der Waals surface area contributed by atoms with E-state index in [9.17, 15) is 8.42 Å². The molecule has 6 nitrogen and oxygen atoms in total. The van der Waals surface area contributed by atoms with Gasteiger partial charge in [0.15, 0.2) is 0 Å². The predicted molar refractivity (Wildman–Crippen MR) is 85.5 cm³/mol. The molecule has 0 saturated carbocycles.